The van der Waals surface area contributed by atoms with Crippen LogP contribution in [-0.4, -0.2) is 50.4 Å². The molecule has 10 nitrogen and oxygen atoms in total. The Labute approximate surface area is 801 Å². The minimum Gasteiger partial charge on any atom is -0.508 e. The summed E-state index contributed by atoms with van der Waals surface area (Å²) >= 11 is 0. The number of carbonyl (C=O) groups is 2. The highest BCUT2D eigenvalue weighted by Crippen LogP contribution is 2.59. The van der Waals surface area contributed by atoms with Crippen LogP contribution in [0.3, 0.4) is 0 Å². The van der Waals surface area contributed by atoms with Gasteiger partial charge in [-0.3, -0.25) is 0 Å². The molecule has 666 valence electrons. The van der Waals surface area contributed by atoms with Crippen LogP contribution in [0.4, 0.5) is 4.79 Å². The van der Waals surface area contributed by atoms with Crippen LogP contribution in [0.2, 0.25) is 0 Å². The quantitative estimate of drug-likeness (QED) is 0.0330. The number of hydrogen-bond acceptors (Lipinski definition) is 10. The number of carbonyl (C=O) groups excluding carboxylic acids is 2. The van der Waals surface area contributed by atoms with Crippen LogP contribution in [0.15, 0.2) is 532 Å². The molecule has 0 unspecified atom stereocenters. The molecule has 0 aliphatic heterocycles. The van der Waals surface area contributed by atoms with Crippen LogP contribution >= 0.6 is 0 Å². The van der Waals surface area contributed by atoms with Gasteiger partial charge >= 0.3 is 12.1 Å². The maximum absolute atomic E-state index is 11.8. The third kappa shape index (κ3) is 20.8. The minimum absolute atomic E-state index is 0.0975. The van der Waals surface area contributed by atoms with Gasteiger partial charge in [0.15, 0.2) is 65.4 Å². The first-order chi connectivity index (χ1) is 65.7. The summed E-state index contributed by atoms with van der Waals surface area (Å²) in [5, 5.41) is 40.3. The SMILES string of the molecule is CC(C)(C)OC(=O)COc1ccc([S+](c2ccccc2)c2ccccc2)cc1.CC(C)(C)OC(=O)Oc1ccc([S+](c2ccccc2)c2ccccc2)cc1.Oc1ccc([S+](c2ccc(O)cc2)c2ccc3c(c2)-c2ccccc2C3(c2ccc(O)cc2)c2ccc(O)cc2)cc1.c1ccc([S+](c2ccccc2)c2ccc3c(c2)-c2ccccc2C3(c2ccccc2)c2ccccc2)cc1. The molecule has 135 heavy (non-hydrogen) atoms. The summed E-state index contributed by atoms with van der Waals surface area (Å²) in [5.41, 5.74) is 12.3. The molecular weight excluding hydrogens is 1740 g/mol. The van der Waals surface area contributed by atoms with Gasteiger partial charge in [-0.2, -0.15) is 0 Å². The first kappa shape index (κ1) is 92.0. The smallest absolute Gasteiger partial charge is 0.508 e. The standard InChI is InChI=1S/C37H26O4S.C37H27S.C24H25O3S.C23H23O3S/c38-26-9-5-24(6-10-26)37(25-7-11-27(39)12-8-25)35-4-2-1-3-33(35)34-23-32(21-22-36(34)37)42(30-17-13-28(40)14-18-30)31-19-15-29(41)16-20-31;1-5-15-28(16-6-1)37(29-17-7-2-8-18-29)35-24-14-13-23-33(35)34-27-32(25-26-36(34)37)38(30-19-9-3-10-20-30)31-21-11-4-12-22-31;1-24(2,3)27-23(25)18-26-19-14-16-22(17-15-19)28(20-10-6-4-7-11-20)21-12-8-5-9-13-21;1-23(2,3)26-22(24)25-18-14-16-21(17-15-18)27(19-10-6-4-7-11-19)20-12-8-5-9-13-20/h1-23H,(H3-,38,39,40,41);1-27H;4-17H,18H2,1-3H3;4-17H,1-3H3/q;3*+1/p+1. The largest absolute Gasteiger partial charge is 0.514 e. The Morgan fingerprint density at radius 1 is 0.237 bits per heavy atom. The highest BCUT2D eigenvalue weighted by atomic mass is 32.2. The molecule has 20 rings (SSSR count). The van der Waals surface area contributed by atoms with E-state index in [0.29, 0.717) is 11.5 Å². The fourth-order valence-electron chi connectivity index (χ4n) is 17.5. The van der Waals surface area contributed by atoms with Gasteiger partial charge in [-0.25, -0.2) is 9.59 Å². The summed E-state index contributed by atoms with van der Waals surface area (Å²) in [6.07, 6.45) is -0.694. The molecule has 0 amide bonds. The van der Waals surface area contributed by atoms with Crippen molar-refractivity contribution in [2.45, 2.75) is 122 Å². The van der Waals surface area contributed by atoms with Crippen molar-refractivity contribution in [1.29, 1.82) is 0 Å². The topological polar surface area (TPSA) is 152 Å². The van der Waals surface area contributed by atoms with Crippen molar-refractivity contribution in [3.8, 4) is 56.8 Å². The second-order valence-electron chi connectivity index (χ2n) is 34.3. The van der Waals surface area contributed by atoms with E-state index in [1.807, 2.05) is 151 Å². The molecule has 18 aromatic carbocycles. The maximum Gasteiger partial charge on any atom is 0.514 e. The summed E-state index contributed by atoms with van der Waals surface area (Å²) in [7, 11) is -1.13. The van der Waals surface area contributed by atoms with Gasteiger partial charge in [0, 0.05) is 12.1 Å². The number of benzene rings is 18. The number of fused-ring (bicyclic) bond motifs is 6. The van der Waals surface area contributed by atoms with Crippen LogP contribution in [0.25, 0.3) is 22.3 Å². The Morgan fingerprint density at radius 2 is 0.467 bits per heavy atom. The number of rotatable bonds is 20. The second kappa shape index (κ2) is 41.5. The first-order valence-electron chi connectivity index (χ1n) is 44.7. The van der Waals surface area contributed by atoms with Crippen molar-refractivity contribution in [3.05, 3.63) is 518 Å². The van der Waals surface area contributed by atoms with E-state index in [9.17, 15) is 30.0 Å². The molecule has 18 aromatic rings. The minimum atomic E-state index is -0.694. The van der Waals surface area contributed by atoms with E-state index in [-0.39, 0.29) is 73.7 Å². The summed E-state index contributed by atoms with van der Waals surface area (Å²) in [6.45, 7) is 10.9. The Morgan fingerprint density at radius 3 is 0.770 bits per heavy atom. The van der Waals surface area contributed by atoms with Crippen LogP contribution in [0, 0.1) is 0 Å². The van der Waals surface area contributed by atoms with Crippen molar-refractivity contribution < 1.29 is 49.0 Å². The molecule has 0 radical (unpaired) electrons. The van der Waals surface area contributed by atoms with E-state index >= 15 is 0 Å². The number of esters is 1. The summed E-state index contributed by atoms with van der Waals surface area (Å²) in [6, 6.07) is 162. The Bertz CT molecular complexity index is 6750. The fraction of sp³-hybridized carbons (Fsp3) is 0.0909. The van der Waals surface area contributed by atoms with Gasteiger partial charge in [0.05, 0.1) is 54.4 Å². The van der Waals surface area contributed by atoms with Gasteiger partial charge in [0.1, 0.15) is 45.7 Å². The molecule has 0 spiro atoms. The summed E-state index contributed by atoms with van der Waals surface area (Å²) < 4.78 is 21.3. The maximum atomic E-state index is 11.8. The Kier molecular flexibility index (Phi) is 28.3. The van der Waals surface area contributed by atoms with E-state index in [4.69, 9.17) is 18.9 Å². The summed E-state index contributed by atoms with van der Waals surface area (Å²) in [5.74, 6) is 1.58. The molecular formula is C121H102O10S4+4. The van der Waals surface area contributed by atoms with Crippen LogP contribution in [-0.2, 0) is 68.7 Å². The highest BCUT2D eigenvalue weighted by Gasteiger charge is 2.49. The molecule has 14 heteroatoms. The zero-order valence-electron chi connectivity index (χ0n) is 75.6. The molecule has 2 aliphatic carbocycles. The van der Waals surface area contributed by atoms with Crippen LogP contribution < -0.4 is 9.47 Å². The van der Waals surface area contributed by atoms with E-state index in [1.54, 1.807) is 48.5 Å². The molecule has 0 saturated heterocycles. The fourth-order valence-corrected chi connectivity index (χ4v) is 25.8. The van der Waals surface area contributed by atoms with Crippen molar-refractivity contribution in [2.75, 3.05) is 6.61 Å². The predicted octanol–water partition coefficient (Wildman–Crippen LogP) is 28.7. The van der Waals surface area contributed by atoms with Gasteiger partial charge in [-0.15, -0.1) is 0 Å². The molecule has 0 atom stereocenters. The Balaban J connectivity index is 0.000000127. The molecule has 4 N–H and O–H groups in total. The number of ether oxygens (including phenoxy) is 4. The van der Waals surface area contributed by atoms with E-state index in [2.05, 4.69) is 315 Å². The predicted molar refractivity (Wildman–Crippen MR) is 545 cm³/mol. The first-order valence-corrected chi connectivity index (χ1v) is 49.6. The normalized spacial score (nSPS) is 12.4. The number of phenolic OH excluding ortho intramolecular Hbond substituents is 4. The van der Waals surface area contributed by atoms with Crippen molar-refractivity contribution in [1.82, 2.24) is 0 Å². The van der Waals surface area contributed by atoms with Crippen LogP contribution in [0.5, 0.6) is 34.5 Å². The van der Waals surface area contributed by atoms with Gasteiger partial charge < -0.3 is 39.4 Å². The van der Waals surface area contributed by atoms with Gasteiger partial charge in [0.2, 0.25) is 0 Å². The third-order valence-corrected chi connectivity index (χ3v) is 31.9. The lowest BCUT2D eigenvalue weighted by molar-refractivity contribution is -0.157. The zero-order valence-corrected chi connectivity index (χ0v) is 78.9. The van der Waals surface area contributed by atoms with Crippen molar-refractivity contribution in [2.24, 2.45) is 0 Å². The zero-order chi connectivity index (χ0) is 93.5. The van der Waals surface area contributed by atoms with Gasteiger partial charge in [0.25, 0.3) is 0 Å². The summed E-state index contributed by atoms with van der Waals surface area (Å²) in [4.78, 5) is 38.2. The lowest BCUT2D eigenvalue weighted by Crippen LogP contribution is -2.28. The highest BCUT2D eigenvalue weighted by molar-refractivity contribution is 7.98. The van der Waals surface area contributed by atoms with Gasteiger partial charge in [-0.05, 0) is 315 Å². The van der Waals surface area contributed by atoms with Crippen molar-refractivity contribution in [3.63, 3.8) is 0 Å². The van der Waals surface area contributed by atoms with Gasteiger partial charge in [-0.1, -0.05) is 255 Å². The third-order valence-electron chi connectivity index (χ3n) is 23.0. The average Bonchev–Trinajstić information content (AvgIpc) is 1.54. The number of aromatic hydroxyl groups is 4. The second-order valence-corrected chi connectivity index (χ2v) is 42.4. The number of hydrogen-bond donors (Lipinski definition) is 4. The van der Waals surface area contributed by atoms with E-state index in [1.165, 1.54) is 72.5 Å². The monoisotopic (exact) mass is 1840 g/mol. The molecule has 0 aromatic heterocycles. The Hall–Kier alpha value is -14.9. The average molecular weight is 1840 g/mol. The number of phenols is 4. The van der Waals surface area contributed by atoms with E-state index < -0.39 is 33.7 Å². The molecule has 0 heterocycles. The molecule has 0 bridgehead atoms. The van der Waals surface area contributed by atoms with Crippen molar-refractivity contribution >= 4 is 55.7 Å². The molecule has 0 fully saturated rings. The van der Waals surface area contributed by atoms with Crippen LogP contribution in [0.1, 0.15) is 86.1 Å². The lowest BCUT2D eigenvalue weighted by atomic mass is 9.68. The lowest BCUT2D eigenvalue weighted by Gasteiger charge is -2.33. The molecule has 0 saturated carbocycles. The molecule has 2 aliphatic rings. The van der Waals surface area contributed by atoms with E-state index in [0.717, 1.165) is 53.0 Å².